The van der Waals surface area contributed by atoms with Crippen LogP contribution in [0.5, 0.6) is 0 Å². The Balaban J connectivity index is 1.96. The van der Waals surface area contributed by atoms with Crippen molar-refractivity contribution in [2.75, 3.05) is 12.8 Å². The minimum Gasteiger partial charge on any atom is -0.398 e. The quantitative estimate of drug-likeness (QED) is 0.822. The van der Waals surface area contributed by atoms with Crippen molar-refractivity contribution in [3.63, 3.8) is 0 Å². The maximum Gasteiger partial charge on any atom is 0.0764 e. The van der Waals surface area contributed by atoms with E-state index in [0.29, 0.717) is 6.04 Å². The highest BCUT2D eigenvalue weighted by Crippen LogP contribution is 2.14. The molecular weight excluding hydrogens is 248 g/mol. The number of nitrogen functional groups attached to an aromatic ring is 1. The first-order valence-electron chi connectivity index (χ1n) is 7.16. The summed E-state index contributed by atoms with van der Waals surface area (Å²) >= 11 is 0. The van der Waals surface area contributed by atoms with Gasteiger partial charge in [0.25, 0.3) is 0 Å². The molecule has 20 heavy (non-hydrogen) atoms. The van der Waals surface area contributed by atoms with E-state index in [1.54, 1.807) is 0 Å². The number of para-hydroxylation sites is 1. The lowest BCUT2D eigenvalue weighted by Crippen LogP contribution is -2.18. The second-order valence-corrected chi connectivity index (χ2v) is 5.42. The number of rotatable bonds is 6. The molecule has 4 heteroatoms. The molecule has 0 saturated heterocycles. The summed E-state index contributed by atoms with van der Waals surface area (Å²) in [5.74, 6) is 0. The van der Waals surface area contributed by atoms with Crippen LogP contribution in [0.15, 0.2) is 36.5 Å². The Labute approximate surface area is 121 Å². The van der Waals surface area contributed by atoms with Crippen LogP contribution in [-0.2, 0) is 13.1 Å². The Hall–Kier alpha value is -1.81. The number of nitrogens with two attached hydrogens (primary N) is 1. The molecular formula is C16H24N4. The number of aromatic nitrogens is 2. The van der Waals surface area contributed by atoms with Crippen LogP contribution in [0.1, 0.15) is 37.6 Å². The third-order valence-corrected chi connectivity index (χ3v) is 3.63. The number of benzene rings is 1. The van der Waals surface area contributed by atoms with Crippen LogP contribution in [0.2, 0.25) is 0 Å². The van der Waals surface area contributed by atoms with Crippen molar-refractivity contribution >= 4 is 5.69 Å². The van der Waals surface area contributed by atoms with E-state index in [1.807, 2.05) is 22.9 Å². The minimum absolute atomic E-state index is 0.457. The molecule has 0 aliphatic rings. The van der Waals surface area contributed by atoms with E-state index >= 15 is 0 Å². The maximum atomic E-state index is 5.98. The molecule has 0 fully saturated rings. The minimum atomic E-state index is 0.457. The molecule has 1 aromatic carbocycles. The second kappa shape index (κ2) is 6.57. The van der Waals surface area contributed by atoms with Crippen molar-refractivity contribution in [1.82, 2.24) is 14.7 Å². The number of nitrogens with zero attached hydrogens (tertiary/aromatic N) is 3. The molecule has 1 heterocycles. The van der Waals surface area contributed by atoms with Crippen LogP contribution in [0, 0.1) is 0 Å². The molecule has 2 aromatic rings. The van der Waals surface area contributed by atoms with Crippen LogP contribution in [0.3, 0.4) is 0 Å². The molecule has 0 radical (unpaired) electrons. The zero-order valence-electron chi connectivity index (χ0n) is 12.6. The molecule has 2 rings (SSSR count). The van der Waals surface area contributed by atoms with Crippen LogP contribution in [-0.4, -0.2) is 21.7 Å². The van der Waals surface area contributed by atoms with E-state index in [0.717, 1.165) is 36.5 Å². The molecule has 2 N–H and O–H groups in total. The highest BCUT2D eigenvalue weighted by atomic mass is 15.3. The highest BCUT2D eigenvalue weighted by Gasteiger charge is 2.08. The summed E-state index contributed by atoms with van der Waals surface area (Å²) in [6, 6.07) is 10.6. The average Bonchev–Trinajstić information content (AvgIpc) is 2.89. The Kier molecular flexibility index (Phi) is 4.79. The van der Waals surface area contributed by atoms with Crippen molar-refractivity contribution < 1.29 is 0 Å². The van der Waals surface area contributed by atoms with Crippen LogP contribution in [0.4, 0.5) is 5.69 Å². The lowest BCUT2D eigenvalue weighted by molar-refractivity contribution is 0.312. The summed E-state index contributed by atoms with van der Waals surface area (Å²) < 4.78 is 2.04. The van der Waals surface area contributed by atoms with Crippen molar-refractivity contribution in [3.05, 3.63) is 47.8 Å². The van der Waals surface area contributed by atoms with E-state index in [-0.39, 0.29) is 0 Å². The summed E-state index contributed by atoms with van der Waals surface area (Å²) in [7, 11) is 2.09. The lowest BCUT2D eigenvalue weighted by Gasteiger charge is -2.16. The van der Waals surface area contributed by atoms with Crippen molar-refractivity contribution in [3.8, 4) is 0 Å². The van der Waals surface area contributed by atoms with E-state index < -0.39 is 0 Å². The Morgan fingerprint density at radius 1 is 1.25 bits per heavy atom. The first kappa shape index (κ1) is 14.6. The van der Waals surface area contributed by atoms with Gasteiger partial charge in [-0.2, -0.15) is 5.10 Å². The highest BCUT2D eigenvalue weighted by molar-refractivity contribution is 5.46. The van der Waals surface area contributed by atoms with Crippen molar-refractivity contribution in [2.24, 2.45) is 0 Å². The number of hydrogen-bond donors (Lipinski definition) is 1. The SMILES string of the molecule is CCC(C)n1ccc(CN(C)Cc2ccccc2N)n1. The predicted molar refractivity (Wildman–Crippen MR) is 83.3 cm³/mol. The van der Waals surface area contributed by atoms with Crippen molar-refractivity contribution in [1.29, 1.82) is 0 Å². The summed E-state index contributed by atoms with van der Waals surface area (Å²) in [6.07, 6.45) is 3.16. The Bertz CT molecular complexity index is 547. The molecule has 1 aromatic heterocycles. The van der Waals surface area contributed by atoms with Crippen LogP contribution in [0.25, 0.3) is 0 Å². The maximum absolute atomic E-state index is 5.98. The van der Waals surface area contributed by atoms with Crippen LogP contribution >= 0.6 is 0 Å². The molecule has 0 amide bonds. The third kappa shape index (κ3) is 3.61. The zero-order chi connectivity index (χ0) is 14.5. The van der Waals surface area contributed by atoms with Gasteiger partial charge in [-0.15, -0.1) is 0 Å². The second-order valence-electron chi connectivity index (χ2n) is 5.42. The third-order valence-electron chi connectivity index (χ3n) is 3.63. The van der Waals surface area contributed by atoms with Gasteiger partial charge >= 0.3 is 0 Å². The monoisotopic (exact) mass is 272 g/mol. The van der Waals surface area contributed by atoms with Gasteiger partial charge in [-0.05, 0) is 38.1 Å². The van der Waals surface area contributed by atoms with Gasteiger partial charge in [0, 0.05) is 31.0 Å². The fourth-order valence-corrected chi connectivity index (χ4v) is 2.20. The van der Waals surface area contributed by atoms with Gasteiger partial charge in [0.15, 0.2) is 0 Å². The van der Waals surface area contributed by atoms with E-state index in [2.05, 4.69) is 49.2 Å². The van der Waals surface area contributed by atoms with E-state index in [4.69, 9.17) is 5.73 Å². The molecule has 0 spiro atoms. The topological polar surface area (TPSA) is 47.1 Å². The average molecular weight is 272 g/mol. The van der Waals surface area contributed by atoms with Gasteiger partial charge in [-0.25, -0.2) is 0 Å². The number of hydrogen-bond acceptors (Lipinski definition) is 3. The molecule has 0 aliphatic heterocycles. The summed E-state index contributed by atoms with van der Waals surface area (Å²) in [5, 5.41) is 4.63. The summed E-state index contributed by atoms with van der Waals surface area (Å²) in [6.45, 7) is 6.03. The fourth-order valence-electron chi connectivity index (χ4n) is 2.20. The van der Waals surface area contributed by atoms with E-state index in [9.17, 15) is 0 Å². The lowest BCUT2D eigenvalue weighted by atomic mass is 10.1. The molecule has 4 nitrogen and oxygen atoms in total. The molecule has 1 atom stereocenters. The predicted octanol–water partition coefficient (Wildman–Crippen LogP) is 3.07. The van der Waals surface area contributed by atoms with Gasteiger partial charge in [-0.1, -0.05) is 25.1 Å². The summed E-state index contributed by atoms with van der Waals surface area (Å²) in [4.78, 5) is 2.23. The summed E-state index contributed by atoms with van der Waals surface area (Å²) in [5.41, 5.74) is 9.09. The van der Waals surface area contributed by atoms with Crippen LogP contribution < -0.4 is 5.73 Å². The molecule has 1 unspecified atom stereocenters. The first-order chi connectivity index (χ1) is 9.60. The molecule has 0 saturated carbocycles. The fraction of sp³-hybridized carbons (Fsp3) is 0.438. The molecule has 108 valence electrons. The Morgan fingerprint density at radius 3 is 2.70 bits per heavy atom. The van der Waals surface area contributed by atoms with Gasteiger partial charge in [0.1, 0.15) is 0 Å². The van der Waals surface area contributed by atoms with E-state index in [1.165, 1.54) is 0 Å². The first-order valence-corrected chi connectivity index (χ1v) is 7.16. The standard InChI is InChI=1S/C16H24N4/c1-4-13(2)20-10-9-15(18-20)12-19(3)11-14-7-5-6-8-16(14)17/h5-10,13H,4,11-12,17H2,1-3H3. The molecule has 0 aliphatic carbocycles. The van der Waals surface area contributed by atoms with Gasteiger partial charge in [0.05, 0.1) is 5.69 Å². The zero-order valence-corrected chi connectivity index (χ0v) is 12.6. The normalized spacial score (nSPS) is 12.8. The smallest absolute Gasteiger partial charge is 0.0764 e. The van der Waals surface area contributed by atoms with Gasteiger partial charge in [0.2, 0.25) is 0 Å². The van der Waals surface area contributed by atoms with Gasteiger partial charge in [-0.3, -0.25) is 9.58 Å². The molecule has 0 bridgehead atoms. The van der Waals surface area contributed by atoms with Crippen molar-refractivity contribution in [2.45, 2.75) is 39.4 Å². The number of anilines is 1. The largest absolute Gasteiger partial charge is 0.398 e. The Morgan fingerprint density at radius 2 is 2.00 bits per heavy atom. The van der Waals surface area contributed by atoms with Gasteiger partial charge < -0.3 is 5.73 Å².